The van der Waals surface area contributed by atoms with Crippen LogP contribution in [0.1, 0.15) is 50.4 Å². The van der Waals surface area contributed by atoms with Crippen molar-refractivity contribution in [2.45, 2.75) is 40.0 Å². The Bertz CT molecular complexity index is 655. The van der Waals surface area contributed by atoms with Crippen LogP contribution in [-0.2, 0) is 9.59 Å². The van der Waals surface area contributed by atoms with Gasteiger partial charge in [-0.3, -0.25) is 14.4 Å². The van der Waals surface area contributed by atoms with Crippen molar-refractivity contribution < 1.29 is 19.1 Å². The van der Waals surface area contributed by atoms with Gasteiger partial charge in [0.05, 0.1) is 5.69 Å². The lowest BCUT2D eigenvalue weighted by Crippen LogP contribution is -2.40. The Balaban J connectivity index is 1.94. The van der Waals surface area contributed by atoms with Crippen molar-refractivity contribution in [2.24, 2.45) is 5.92 Å². The number of ketones is 1. The number of carbonyl (C=O) groups excluding carboxylic acids is 3. The van der Waals surface area contributed by atoms with Gasteiger partial charge in [0, 0.05) is 25.1 Å². The first-order chi connectivity index (χ1) is 11.9. The van der Waals surface area contributed by atoms with Gasteiger partial charge in [-0.15, -0.1) is 0 Å². The predicted molar refractivity (Wildman–Crippen MR) is 96.0 cm³/mol. The number of hydrogen-bond acceptors (Lipinski definition) is 4. The zero-order valence-electron chi connectivity index (χ0n) is 15.1. The van der Waals surface area contributed by atoms with E-state index in [1.165, 1.54) is 6.92 Å². The molecule has 6 heteroatoms. The molecule has 0 aromatic heterocycles. The van der Waals surface area contributed by atoms with Crippen LogP contribution in [0.15, 0.2) is 18.2 Å². The van der Waals surface area contributed by atoms with Gasteiger partial charge in [-0.1, -0.05) is 13.8 Å². The lowest BCUT2D eigenvalue weighted by molar-refractivity contribution is -0.122. The summed E-state index contributed by atoms with van der Waals surface area (Å²) in [5, 5.41) is 2.89. The average molecular weight is 346 g/mol. The topological polar surface area (TPSA) is 75.7 Å². The fourth-order valence-electron chi connectivity index (χ4n) is 2.65. The van der Waals surface area contributed by atoms with E-state index in [-0.39, 0.29) is 24.2 Å². The zero-order valence-corrected chi connectivity index (χ0v) is 15.1. The number of Topliss-reactive ketones (excluding diaryl/α,β-unsaturated/α-hetero) is 1. The quantitative estimate of drug-likeness (QED) is 0.734. The van der Waals surface area contributed by atoms with Gasteiger partial charge < -0.3 is 15.0 Å². The molecule has 1 aromatic carbocycles. The number of anilines is 1. The van der Waals surface area contributed by atoms with E-state index in [1.807, 2.05) is 0 Å². The zero-order chi connectivity index (χ0) is 18.4. The molecule has 1 N–H and O–H groups in total. The van der Waals surface area contributed by atoms with Crippen LogP contribution >= 0.6 is 0 Å². The minimum atomic E-state index is -0.159. The highest BCUT2D eigenvalue weighted by atomic mass is 16.5. The van der Waals surface area contributed by atoms with Crippen molar-refractivity contribution in [3.05, 3.63) is 23.8 Å². The lowest BCUT2D eigenvalue weighted by Gasteiger charge is -2.29. The Morgan fingerprint density at radius 1 is 1.32 bits per heavy atom. The number of amides is 2. The Morgan fingerprint density at radius 2 is 2.08 bits per heavy atom. The molecule has 1 aromatic rings. The van der Waals surface area contributed by atoms with E-state index in [0.717, 1.165) is 6.42 Å². The first kappa shape index (κ1) is 19.0. The summed E-state index contributed by atoms with van der Waals surface area (Å²) in [6, 6.07) is 5.08. The maximum Gasteiger partial charge on any atom is 0.265 e. The lowest BCUT2D eigenvalue weighted by atomic mass is 10.1. The number of nitrogens with one attached hydrogen (secondary N) is 1. The highest BCUT2D eigenvalue weighted by molar-refractivity contribution is 6.01. The standard InChI is InChI=1S/C19H26N2O4/c1-13(2)8-9-20-18(23)5-4-10-21-16-11-15(14(3)22)6-7-17(16)25-12-19(21)24/h6-7,11,13H,4-5,8-10,12H2,1-3H3,(H,20,23). The van der Waals surface area contributed by atoms with Crippen LogP contribution in [0.4, 0.5) is 5.69 Å². The monoisotopic (exact) mass is 346 g/mol. The van der Waals surface area contributed by atoms with Crippen LogP contribution in [0.5, 0.6) is 5.75 Å². The molecule has 0 unspecified atom stereocenters. The molecule has 0 saturated carbocycles. The van der Waals surface area contributed by atoms with Gasteiger partial charge in [0.15, 0.2) is 12.4 Å². The number of rotatable bonds is 8. The summed E-state index contributed by atoms with van der Waals surface area (Å²) in [5.41, 5.74) is 1.14. The normalized spacial score (nSPS) is 13.4. The Morgan fingerprint density at radius 3 is 2.76 bits per heavy atom. The summed E-state index contributed by atoms with van der Waals surface area (Å²) in [4.78, 5) is 37.2. The Labute approximate surface area is 148 Å². The number of nitrogens with zero attached hydrogens (tertiary/aromatic N) is 1. The summed E-state index contributed by atoms with van der Waals surface area (Å²) >= 11 is 0. The molecule has 0 fully saturated rings. The molecule has 0 atom stereocenters. The van der Waals surface area contributed by atoms with E-state index < -0.39 is 0 Å². The van der Waals surface area contributed by atoms with Gasteiger partial charge in [0.1, 0.15) is 5.75 Å². The molecule has 2 amide bonds. The van der Waals surface area contributed by atoms with Crippen molar-refractivity contribution in [1.82, 2.24) is 5.32 Å². The molecule has 25 heavy (non-hydrogen) atoms. The van der Waals surface area contributed by atoms with Gasteiger partial charge >= 0.3 is 0 Å². The van der Waals surface area contributed by atoms with Gasteiger partial charge in [-0.05, 0) is 43.9 Å². The van der Waals surface area contributed by atoms with Gasteiger partial charge in [-0.2, -0.15) is 0 Å². The third kappa shape index (κ3) is 5.31. The number of hydrogen-bond donors (Lipinski definition) is 1. The molecule has 0 radical (unpaired) electrons. The molecule has 0 aliphatic carbocycles. The molecule has 1 heterocycles. The first-order valence-corrected chi connectivity index (χ1v) is 8.73. The largest absolute Gasteiger partial charge is 0.482 e. The highest BCUT2D eigenvalue weighted by Gasteiger charge is 2.26. The average Bonchev–Trinajstić information content (AvgIpc) is 2.56. The number of benzene rings is 1. The minimum Gasteiger partial charge on any atom is -0.482 e. The van der Waals surface area contributed by atoms with E-state index in [2.05, 4.69) is 19.2 Å². The third-order valence-corrected chi connectivity index (χ3v) is 4.14. The number of carbonyl (C=O) groups is 3. The first-order valence-electron chi connectivity index (χ1n) is 8.73. The van der Waals surface area contributed by atoms with Crippen molar-refractivity contribution in [3.8, 4) is 5.75 Å². The second-order valence-corrected chi connectivity index (χ2v) is 6.71. The second-order valence-electron chi connectivity index (χ2n) is 6.71. The molecule has 1 aliphatic rings. The van der Waals surface area contributed by atoms with Gasteiger partial charge in [0.25, 0.3) is 5.91 Å². The fraction of sp³-hybridized carbons (Fsp3) is 0.526. The van der Waals surface area contributed by atoms with Gasteiger partial charge in [0.2, 0.25) is 5.91 Å². The summed E-state index contributed by atoms with van der Waals surface area (Å²) in [7, 11) is 0. The van der Waals surface area contributed by atoms with Crippen molar-refractivity contribution in [3.63, 3.8) is 0 Å². The Hall–Kier alpha value is -2.37. The smallest absolute Gasteiger partial charge is 0.265 e. The second kappa shape index (κ2) is 8.65. The summed E-state index contributed by atoms with van der Waals surface area (Å²) < 4.78 is 5.42. The maximum absolute atomic E-state index is 12.2. The van der Waals surface area contributed by atoms with E-state index in [1.54, 1.807) is 23.1 Å². The van der Waals surface area contributed by atoms with Gasteiger partial charge in [-0.25, -0.2) is 0 Å². The SMILES string of the molecule is CC(=O)c1ccc2c(c1)N(CCCC(=O)NCCC(C)C)C(=O)CO2. The maximum atomic E-state index is 12.2. The molecule has 136 valence electrons. The van der Waals surface area contributed by atoms with Crippen LogP contribution in [0.25, 0.3) is 0 Å². The fourth-order valence-corrected chi connectivity index (χ4v) is 2.65. The number of fused-ring (bicyclic) bond motifs is 1. The molecule has 0 spiro atoms. The van der Waals surface area contributed by atoms with Crippen LogP contribution < -0.4 is 15.0 Å². The summed E-state index contributed by atoms with van der Waals surface area (Å²) in [5.74, 6) is 0.919. The van der Waals surface area contributed by atoms with Crippen molar-refractivity contribution in [2.75, 3.05) is 24.6 Å². The number of ether oxygens (including phenoxy) is 1. The van der Waals surface area contributed by atoms with Crippen LogP contribution in [0.2, 0.25) is 0 Å². The Kier molecular flexibility index (Phi) is 6.56. The summed E-state index contributed by atoms with van der Waals surface area (Å²) in [6.07, 6.45) is 1.88. The molecular formula is C19H26N2O4. The van der Waals surface area contributed by atoms with E-state index in [4.69, 9.17) is 4.74 Å². The van der Waals surface area contributed by atoms with E-state index in [9.17, 15) is 14.4 Å². The minimum absolute atomic E-state index is 0.000862. The van der Waals surface area contributed by atoms with Crippen molar-refractivity contribution >= 4 is 23.3 Å². The van der Waals surface area contributed by atoms with E-state index >= 15 is 0 Å². The van der Waals surface area contributed by atoms with Crippen LogP contribution in [-0.4, -0.2) is 37.3 Å². The molecular weight excluding hydrogens is 320 g/mol. The highest BCUT2D eigenvalue weighted by Crippen LogP contribution is 2.33. The molecule has 0 bridgehead atoms. The van der Waals surface area contributed by atoms with Crippen molar-refractivity contribution in [1.29, 1.82) is 0 Å². The molecule has 6 nitrogen and oxygen atoms in total. The summed E-state index contributed by atoms with van der Waals surface area (Å²) in [6.45, 7) is 6.80. The molecule has 0 saturated heterocycles. The molecule has 2 rings (SSSR count). The van der Waals surface area contributed by atoms with Crippen LogP contribution in [0, 0.1) is 5.92 Å². The van der Waals surface area contributed by atoms with Crippen LogP contribution in [0.3, 0.4) is 0 Å². The third-order valence-electron chi connectivity index (χ3n) is 4.14. The molecule has 1 aliphatic heterocycles. The predicted octanol–water partition coefficient (Wildman–Crippen LogP) is 2.56. The van der Waals surface area contributed by atoms with E-state index in [0.29, 0.717) is 48.8 Å².